The van der Waals surface area contributed by atoms with E-state index in [1.165, 1.54) is 18.4 Å². The van der Waals surface area contributed by atoms with Crippen LogP contribution in [0.3, 0.4) is 0 Å². The van der Waals surface area contributed by atoms with Crippen molar-refractivity contribution in [3.63, 3.8) is 0 Å². The summed E-state index contributed by atoms with van der Waals surface area (Å²) in [6.45, 7) is 8.89. The van der Waals surface area contributed by atoms with Gasteiger partial charge in [0.2, 0.25) is 0 Å². The number of aryl methyl sites for hydroxylation is 1. The number of nitrogens with one attached hydrogen (secondary N) is 1. The van der Waals surface area contributed by atoms with Gasteiger partial charge < -0.3 is 12.2 Å². The van der Waals surface area contributed by atoms with Gasteiger partial charge in [-0.1, -0.05) is 44.9 Å². The van der Waals surface area contributed by atoms with Crippen LogP contribution in [0.25, 0.3) is 10.9 Å². The molecule has 0 fully saturated rings. The van der Waals surface area contributed by atoms with E-state index in [1.54, 1.807) is 6.33 Å². The Balaban J connectivity index is 0.00000300. The van der Waals surface area contributed by atoms with E-state index < -0.39 is 0 Å². The summed E-state index contributed by atoms with van der Waals surface area (Å²) in [7, 11) is 0. The largest absolute Gasteiger partial charge is 2.00 e. The fraction of sp³-hybridized carbons (Fsp3) is 0.375. The van der Waals surface area contributed by atoms with Gasteiger partial charge in [0.25, 0.3) is 0 Å². The van der Waals surface area contributed by atoms with E-state index in [9.17, 15) is 0 Å². The molecular formula is C24H29N3SV. The van der Waals surface area contributed by atoms with Gasteiger partial charge in [0, 0.05) is 10.6 Å². The minimum absolute atomic E-state index is 0. The Morgan fingerprint density at radius 3 is 2.62 bits per heavy atom. The molecule has 0 aliphatic rings. The topological polar surface area (TPSA) is 37.8 Å². The van der Waals surface area contributed by atoms with Crippen molar-refractivity contribution in [2.24, 2.45) is 11.8 Å². The second-order valence-electron chi connectivity index (χ2n) is 7.65. The SMILES string of the molecule is [CH2-]C(CCCc1[c-]c2c(Nc3ccc(S)cc3)ncnc2cc1)CC(C)CC.[V+2]. The van der Waals surface area contributed by atoms with Crippen LogP contribution < -0.4 is 5.32 Å². The van der Waals surface area contributed by atoms with E-state index in [4.69, 9.17) is 0 Å². The molecule has 3 aromatic rings. The van der Waals surface area contributed by atoms with Gasteiger partial charge >= 0.3 is 18.6 Å². The van der Waals surface area contributed by atoms with E-state index in [1.807, 2.05) is 24.3 Å². The van der Waals surface area contributed by atoms with Crippen LogP contribution >= 0.6 is 12.6 Å². The Labute approximate surface area is 192 Å². The summed E-state index contributed by atoms with van der Waals surface area (Å²) in [6.07, 6.45) is 7.33. The molecule has 151 valence electrons. The average molecular weight is 443 g/mol. The molecule has 0 spiro atoms. The van der Waals surface area contributed by atoms with Crippen LogP contribution in [0.1, 0.15) is 45.1 Å². The zero-order chi connectivity index (χ0) is 19.9. The van der Waals surface area contributed by atoms with Gasteiger partial charge in [0.1, 0.15) is 0 Å². The summed E-state index contributed by atoms with van der Waals surface area (Å²) in [4.78, 5) is 9.75. The molecule has 2 aromatic carbocycles. The summed E-state index contributed by atoms with van der Waals surface area (Å²) in [5.41, 5.74) is 3.08. The van der Waals surface area contributed by atoms with Crippen LogP contribution in [-0.4, -0.2) is 9.97 Å². The third-order valence-corrected chi connectivity index (χ3v) is 5.52. The molecule has 2 unspecified atom stereocenters. The number of hydrogen-bond acceptors (Lipinski definition) is 4. The van der Waals surface area contributed by atoms with Crippen molar-refractivity contribution in [2.75, 3.05) is 5.32 Å². The number of fused-ring (bicyclic) bond motifs is 1. The number of nitrogens with zero attached hydrogens (tertiary/aromatic N) is 2. The maximum absolute atomic E-state index is 4.43. The summed E-state index contributed by atoms with van der Waals surface area (Å²) in [6, 6.07) is 15.6. The van der Waals surface area contributed by atoms with Crippen molar-refractivity contribution >= 4 is 35.0 Å². The second kappa shape index (κ2) is 11.6. The van der Waals surface area contributed by atoms with Crippen LogP contribution in [0.4, 0.5) is 11.5 Å². The molecule has 29 heavy (non-hydrogen) atoms. The van der Waals surface area contributed by atoms with E-state index >= 15 is 0 Å². The summed E-state index contributed by atoms with van der Waals surface area (Å²) >= 11 is 4.34. The number of benzene rings is 2. The third kappa shape index (κ3) is 7.06. The number of thiol groups is 1. The maximum atomic E-state index is 4.43. The Morgan fingerprint density at radius 1 is 1.14 bits per heavy atom. The van der Waals surface area contributed by atoms with E-state index in [0.717, 1.165) is 52.5 Å². The van der Waals surface area contributed by atoms with Crippen LogP contribution in [0.5, 0.6) is 0 Å². The molecule has 0 bridgehead atoms. The molecule has 5 heteroatoms. The van der Waals surface area contributed by atoms with Crippen molar-refractivity contribution in [1.29, 1.82) is 0 Å². The first-order valence-electron chi connectivity index (χ1n) is 10.1. The molecule has 3 rings (SSSR count). The van der Waals surface area contributed by atoms with Gasteiger partial charge in [-0.2, -0.15) is 5.92 Å². The molecule has 0 saturated carbocycles. The van der Waals surface area contributed by atoms with Gasteiger partial charge in [0.15, 0.2) is 0 Å². The fourth-order valence-electron chi connectivity index (χ4n) is 3.39. The van der Waals surface area contributed by atoms with Crippen LogP contribution in [0.15, 0.2) is 47.6 Å². The normalized spacial score (nSPS) is 13.0. The van der Waals surface area contributed by atoms with Crippen molar-refractivity contribution in [2.45, 2.75) is 50.8 Å². The minimum Gasteiger partial charge on any atom is -0.380 e. The first-order valence-corrected chi connectivity index (χ1v) is 10.5. The average Bonchev–Trinajstić information content (AvgIpc) is 2.70. The standard InChI is InChI=1S/C24H29N3S.V/c1-4-17(2)14-18(3)6-5-7-19-8-13-23-22(15-19)24(26-16-25-23)27-20-9-11-21(28)12-10-20;/h8-13,16-18,28H,3-7,14H2,1-2H3,(H,25,26,27);/q-2;+2. The first-order chi connectivity index (χ1) is 13.5. The predicted molar refractivity (Wildman–Crippen MR) is 121 cm³/mol. The van der Waals surface area contributed by atoms with E-state index in [0.29, 0.717) is 5.92 Å². The second-order valence-corrected chi connectivity index (χ2v) is 8.16. The molecule has 0 aliphatic carbocycles. The van der Waals surface area contributed by atoms with E-state index in [2.05, 4.69) is 66.9 Å². The summed E-state index contributed by atoms with van der Waals surface area (Å²) < 4.78 is 0. The van der Waals surface area contributed by atoms with Gasteiger partial charge in [-0.25, -0.2) is 0 Å². The van der Waals surface area contributed by atoms with Crippen LogP contribution in [0, 0.1) is 24.8 Å². The third-order valence-electron chi connectivity index (χ3n) is 5.23. The summed E-state index contributed by atoms with van der Waals surface area (Å²) in [5, 5.41) is 4.31. The smallest absolute Gasteiger partial charge is 0.380 e. The molecule has 1 heterocycles. The quantitative estimate of drug-likeness (QED) is 0.287. The van der Waals surface area contributed by atoms with Gasteiger partial charge in [0.05, 0.1) is 12.1 Å². The first kappa shape index (κ1) is 23.8. The fourth-order valence-corrected chi connectivity index (χ4v) is 3.54. The van der Waals surface area contributed by atoms with Gasteiger partial charge in [-0.3, -0.25) is 9.97 Å². The molecule has 0 saturated heterocycles. The van der Waals surface area contributed by atoms with Crippen molar-refractivity contribution in [3.8, 4) is 0 Å². The number of anilines is 2. The summed E-state index contributed by atoms with van der Waals surface area (Å²) in [5.74, 6) is 2.08. The van der Waals surface area contributed by atoms with Crippen LogP contribution in [-0.2, 0) is 25.0 Å². The predicted octanol–water partition coefficient (Wildman–Crippen LogP) is 6.67. The molecule has 1 aromatic heterocycles. The molecule has 2 atom stereocenters. The minimum atomic E-state index is 0. The van der Waals surface area contributed by atoms with Crippen molar-refractivity contribution < 1.29 is 18.6 Å². The molecule has 1 radical (unpaired) electrons. The van der Waals surface area contributed by atoms with Gasteiger partial charge in [-0.15, -0.1) is 36.4 Å². The zero-order valence-corrected chi connectivity index (χ0v) is 19.5. The Morgan fingerprint density at radius 2 is 1.90 bits per heavy atom. The van der Waals surface area contributed by atoms with Crippen molar-refractivity contribution in [1.82, 2.24) is 9.97 Å². The Hall–Kier alpha value is -1.49. The molecule has 1 N–H and O–H groups in total. The van der Waals surface area contributed by atoms with Crippen LogP contribution in [0.2, 0.25) is 0 Å². The Bertz CT molecular complexity index is 898. The van der Waals surface area contributed by atoms with E-state index in [-0.39, 0.29) is 18.6 Å². The molecule has 0 amide bonds. The number of hydrogen-bond donors (Lipinski definition) is 2. The maximum Gasteiger partial charge on any atom is 2.00 e. The Kier molecular flexibility index (Phi) is 9.55. The van der Waals surface area contributed by atoms with Gasteiger partial charge in [-0.05, 0) is 42.1 Å². The monoisotopic (exact) mass is 442 g/mol. The van der Waals surface area contributed by atoms with Crippen molar-refractivity contribution in [3.05, 3.63) is 61.3 Å². The number of aromatic nitrogens is 2. The molecule has 3 nitrogen and oxygen atoms in total. The number of rotatable bonds is 9. The molecular weight excluding hydrogens is 413 g/mol. The molecule has 0 aliphatic heterocycles. The zero-order valence-electron chi connectivity index (χ0n) is 17.2.